The maximum absolute atomic E-state index is 13.0. The molecule has 31 heavy (non-hydrogen) atoms. The lowest BCUT2D eigenvalue weighted by Gasteiger charge is -2.06. The van der Waals surface area contributed by atoms with Gasteiger partial charge in [0.2, 0.25) is 0 Å². The summed E-state index contributed by atoms with van der Waals surface area (Å²) >= 11 is 5.28. The van der Waals surface area contributed by atoms with Gasteiger partial charge >= 0.3 is 12.4 Å². The van der Waals surface area contributed by atoms with Crippen molar-refractivity contribution in [2.45, 2.75) is 18.8 Å². The number of pyridine rings is 2. The molecule has 0 saturated carbocycles. The fourth-order valence-electron chi connectivity index (χ4n) is 2.17. The van der Waals surface area contributed by atoms with E-state index >= 15 is 0 Å². The van der Waals surface area contributed by atoms with Crippen LogP contribution in [-0.2, 0) is 18.8 Å². The molecule has 0 spiro atoms. The molecule has 0 bridgehead atoms. The number of alkyl halides is 6. The lowest BCUT2D eigenvalue weighted by atomic mass is 10.1. The van der Waals surface area contributed by atoms with Crippen molar-refractivity contribution in [3.63, 3.8) is 0 Å². The molecule has 0 aliphatic rings. The van der Waals surface area contributed by atoms with Gasteiger partial charge in [0.1, 0.15) is 11.0 Å². The Morgan fingerprint density at radius 1 is 0.839 bits per heavy atom. The minimum atomic E-state index is -4.46. The Bertz CT molecular complexity index is 1020. The van der Waals surface area contributed by atoms with Gasteiger partial charge in [0.25, 0.3) is 0 Å². The van der Waals surface area contributed by atoms with Crippen molar-refractivity contribution in [2.24, 2.45) is 0 Å². The maximum atomic E-state index is 13.0. The first-order valence-electron chi connectivity index (χ1n) is 8.36. The predicted octanol–water partition coefficient (Wildman–Crippen LogP) is 6.42. The quantitative estimate of drug-likeness (QED) is 0.255. The second-order valence-corrected chi connectivity index (χ2v) is 6.40. The Morgan fingerprint density at radius 2 is 1.42 bits per heavy atom. The van der Waals surface area contributed by atoms with Crippen LogP contribution < -0.4 is 0 Å². The highest BCUT2D eigenvalue weighted by molar-refractivity contribution is 6.29. The molecule has 0 saturated heterocycles. The molecule has 0 atom stereocenters. The van der Waals surface area contributed by atoms with Gasteiger partial charge in [-0.2, -0.15) is 26.3 Å². The Morgan fingerprint density at radius 3 is 1.87 bits per heavy atom. The standard InChI is InChI=1S/C14H9F4NO.C6H3ClF3N/c15-11-3-1-2-9(6-11)13(20)7-12-5-4-10(8-19-12)14(16,17)18;7-5-2-1-4(3-11-5)6(8,9)10/h1-6,8H,7H2;1-3H. The van der Waals surface area contributed by atoms with E-state index in [1.807, 2.05) is 0 Å². The van der Waals surface area contributed by atoms with Gasteiger partial charge in [-0.1, -0.05) is 23.7 Å². The molecule has 164 valence electrons. The van der Waals surface area contributed by atoms with Crippen LogP contribution in [0.2, 0.25) is 5.15 Å². The van der Waals surface area contributed by atoms with E-state index in [4.69, 9.17) is 11.6 Å². The average Bonchev–Trinajstić information content (AvgIpc) is 2.68. The topological polar surface area (TPSA) is 42.9 Å². The molecule has 11 heteroatoms. The third kappa shape index (κ3) is 7.63. The third-order valence-corrected chi connectivity index (χ3v) is 3.92. The Kier molecular flexibility index (Phi) is 7.72. The van der Waals surface area contributed by atoms with E-state index < -0.39 is 35.1 Å². The SMILES string of the molecule is FC(F)(F)c1ccc(Cl)nc1.O=C(Cc1ccc(C(F)(F)F)cn1)c1cccc(F)c1. The first kappa shape index (κ1) is 24.3. The van der Waals surface area contributed by atoms with Crippen LogP contribution in [-0.4, -0.2) is 15.8 Å². The summed E-state index contributed by atoms with van der Waals surface area (Å²) in [6, 6.07) is 9.10. The molecule has 0 radical (unpaired) electrons. The number of Topliss-reactive ketones (excluding diaryl/α,β-unsaturated/α-hetero) is 1. The minimum Gasteiger partial charge on any atom is -0.294 e. The molecule has 0 amide bonds. The highest BCUT2D eigenvalue weighted by Gasteiger charge is 2.31. The molecule has 3 rings (SSSR count). The molecule has 0 aliphatic carbocycles. The molecule has 0 fully saturated rings. The molecule has 2 heterocycles. The van der Waals surface area contributed by atoms with Crippen LogP contribution in [0.1, 0.15) is 27.2 Å². The monoisotopic (exact) mass is 464 g/mol. The number of halogens is 8. The van der Waals surface area contributed by atoms with E-state index in [0.29, 0.717) is 12.4 Å². The van der Waals surface area contributed by atoms with E-state index in [1.165, 1.54) is 18.2 Å². The molecule has 3 nitrogen and oxygen atoms in total. The Labute approximate surface area is 176 Å². The van der Waals surface area contributed by atoms with Crippen molar-refractivity contribution in [2.75, 3.05) is 0 Å². The van der Waals surface area contributed by atoms with Crippen LogP contribution in [0.5, 0.6) is 0 Å². The third-order valence-electron chi connectivity index (χ3n) is 3.70. The zero-order valence-corrected chi connectivity index (χ0v) is 16.1. The number of nitrogens with zero attached hydrogens (tertiary/aromatic N) is 2. The minimum absolute atomic E-state index is 0.0537. The normalized spacial score (nSPS) is 11.5. The number of benzene rings is 1. The molecular formula is C20H12ClF7N2O. The number of carbonyl (C=O) groups excluding carboxylic acids is 1. The van der Waals surface area contributed by atoms with Crippen molar-refractivity contribution in [1.82, 2.24) is 9.97 Å². The average molecular weight is 465 g/mol. The maximum Gasteiger partial charge on any atom is 0.417 e. The molecular weight excluding hydrogens is 453 g/mol. The van der Waals surface area contributed by atoms with E-state index in [-0.39, 0.29) is 22.8 Å². The zero-order chi connectivity index (χ0) is 23.2. The lowest BCUT2D eigenvalue weighted by Crippen LogP contribution is -2.08. The highest BCUT2D eigenvalue weighted by atomic mass is 35.5. The van der Waals surface area contributed by atoms with Gasteiger partial charge in [-0.3, -0.25) is 9.78 Å². The molecule has 3 aromatic rings. The van der Waals surface area contributed by atoms with Gasteiger partial charge in [-0.05, 0) is 36.4 Å². The van der Waals surface area contributed by atoms with Crippen molar-refractivity contribution in [1.29, 1.82) is 0 Å². The Hall–Kier alpha value is -3.01. The van der Waals surface area contributed by atoms with Gasteiger partial charge < -0.3 is 0 Å². The number of aromatic nitrogens is 2. The van der Waals surface area contributed by atoms with Gasteiger partial charge in [-0.15, -0.1) is 0 Å². The number of rotatable bonds is 3. The van der Waals surface area contributed by atoms with Crippen LogP contribution in [0.25, 0.3) is 0 Å². The molecule has 1 aromatic carbocycles. The summed E-state index contributed by atoms with van der Waals surface area (Å²) in [7, 11) is 0. The Balaban J connectivity index is 0.000000262. The fourth-order valence-corrected chi connectivity index (χ4v) is 2.28. The summed E-state index contributed by atoms with van der Waals surface area (Å²) in [6.45, 7) is 0. The van der Waals surface area contributed by atoms with Gasteiger partial charge in [-0.25, -0.2) is 9.37 Å². The van der Waals surface area contributed by atoms with Crippen molar-refractivity contribution in [3.8, 4) is 0 Å². The van der Waals surface area contributed by atoms with Crippen LogP contribution in [0.15, 0.2) is 60.9 Å². The fraction of sp³-hybridized carbons (Fsp3) is 0.150. The summed E-state index contributed by atoms with van der Waals surface area (Å²) < 4.78 is 85.5. The summed E-state index contributed by atoms with van der Waals surface area (Å²) in [4.78, 5) is 18.7. The van der Waals surface area contributed by atoms with E-state index in [2.05, 4.69) is 9.97 Å². The van der Waals surface area contributed by atoms with E-state index in [1.54, 1.807) is 0 Å². The number of carbonyl (C=O) groups is 1. The lowest BCUT2D eigenvalue weighted by molar-refractivity contribution is -0.138. The van der Waals surface area contributed by atoms with Crippen LogP contribution in [0.4, 0.5) is 30.7 Å². The van der Waals surface area contributed by atoms with Crippen LogP contribution in [0, 0.1) is 5.82 Å². The van der Waals surface area contributed by atoms with Crippen molar-refractivity contribution in [3.05, 3.63) is 94.3 Å². The summed E-state index contributed by atoms with van der Waals surface area (Å²) in [5.41, 5.74) is -1.31. The smallest absolute Gasteiger partial charge is 0.294 e. The van der Waals surface area contributed by atoms with E-state index in [0.717, 1.165) is 30.3 Å². The van der Waals surface area contributed by atoms with Crippen molar-refractivity contribution >= 4 is 17.4 Å². The van der Waals surface area contributed by atoms with Gasteiger partial charge in [0.05, 0.1) is 17.5 Å². The highest BCUT2D eigenvalue weighted by Crippen LogP contribution is 2.29. The first-order valence-corrected chi connectivity index (χ1v) is 8.73. The van der Waals surface area contributed by atoms with E-state index in [9.17, 15) is 35.5 Å². The molecule has 0 N–H and O–H groups in total. The molecule has 2 aromatic heterocycles. The summed E-state index contributed by atoms with van der Waals surface area (Å²) in [5.74, 6) is -0.951. The summed E-state index contributed by atoms with van der Waals surface area (Å²) in [5, 5.41) is 0.0537. The van der Waals surface area contributed by atoms with Gasteiger partial charge in [0.15, 0.2) is 5.78 Å². The second-order valence-electron chi connectivity index (χ2n) is 6.01. The molecule has 0 unspecified atom stereocenters. The van der Waals surface area contributed by atoms with Crippen molar-refractivity contribution < 1.29 is 35.5 Å². The van der Waals surface area contributed by atoms with Crippen LogP contribution >= 0.6 is 11.6 Å². The number of hydrogen-bond acceptors (Lipinski definition) is 3. The largest absolute Gasteiger partial charge is 0.417 e. The van der Waals surface area contributed by atoms with Crippen LogP contribution in [0.3, 0.4) is 0 Å². The predicted molar refractivity (Wildman–Crippen MR) is 97.9 cm³/mol. The first-order chi connectivity index (χ1) is 14.4. The second kappa shape index (κ2) is 9.86. The molecule has 0 aliphatic heterocycles. The number of hydrogen-bond donors (Lipinski definition) is 0. The zero-order valence-electron chi connectivity index (χ0n) is 15.3. The number of ketones is 1. The summed E-state index contributed by atoms with van der Waals surface area (Å²) in [6.07, 6.45) is -7.60. The van der Waals surface area contributed by atoms with Gasteiger partial charge in [0, 0.05) is 23.7 Å².